The fourth-order valence-electron chi connectivity index (χ4n) is 2.43. The number of amides is 3. The van der Waals surface area contributed by atoms with Gasteiger partial charge in [-0.2, -0.15) is 0 Å². The molecule has 134 valence electrons. The van der Waals surface area contributed by atoms with E-state index in [9.17, 15) is 9.59 Å². The predicted octanol–water partition coefficient (Wildman–Crippen LogP) is 1.68. The Morgan fingerprint density at radius 3 is 2.58 bits per heavy atom. The molecule has 1 aliphatic rings. The van der Waals surface area contributed by atoms with Gasteiger partial charge in [-0.3, -0.25) is 4.79 Å². The van der Waals surface area contributed by atoms with E-state index in [1.807, 2.05) is 12.1 Å². The SMILES string of the molecule is Cl.O=C(CNC(=O)NCc1ccc(Cl)cc1)NCC1CCCNC1. The van der Waals surface area contributed by atoms with Crippen molar-refractivity contribution >= 4 is 35.9 Å². The molecule has 24 heavy (non-hydrogen) atoms. The maximum atomic E-state index is 11.7. The van der Waals surface area contributed by atoms with Crippen LogP contribution in [-0.4, -0.2) is 38.1 Å². The molecule has 1 aromatic rings. The van der Waals surface area contributed by atoms with Gasteiger partial charge in [0.25, 0.3) is 0 Å². The van der Waals surface area contributed by atoms with Crippen LogP contribution in [0.3, 0.4) is 0 Å². The van der Waals surface area contributed by atoms with Crippen LogP contribution < -0.4 is 21.3 Å². The van der Waals surface area contributed by atoms with E-state index in [2.05, 4.69) is 21.3 Å². The third kappa shape index (κ3) is 7.86. The van der Waals surface area contributed by atoms with Crippen molar-refractivity contribution in [3.63, 3.8) is 0 Å². The minimum absolute atomic E-state index is 0. The van der Waals surface area contributed by atoms with Crippen LogP contribution in [0.2, 0.25) is 5.02 Å². The summed E-state index contributed by atoms with van der Waals surface area (Å²) in [6.07, 6.45) is 2.27. The van der Waals surface area contributed by atoms with E-state index in [-0.39, 0.29) is 30.9 Å². The van der Waals surface area contributed by atoms with Crippen LogP contribution in [0.25, 0.3) is 0 Å². The van der Waals surface area contributed by atoms with Gasteiger partial charge in [0.05, 0.1) is 6.54 Å². The Hall–Kier alpha value is -1.50. The highest BCUT2D eigenvalue weighted by atomic mass is 35.5. The second kappa shape index (κ2) is 11.1. The van der Waals surface area contributed by atoms with Crippen LogP contribution >= 0.6 is 24.0 Å². The first-order valence-electron chi connectivity index (χ1n) is 7.87. The molecular formula is C16H24Cl2N4O2. The summed E-state index contributed by atoms with van der Waals surface area (Å²) in [5.74, 6) is 0.309. The van der Waals surface area contributed by atoms with E-state index >= 15 is 0 Å². The number of halogens is 2. The normalized spacial score (nSPS) is 16.6. The number of hydrogen-bond donors (Lipinski definition) is 4. The van der Waals surface area contributed by atoms with E-state index < -0.39 is 0 Å². The first-order chi connectivity index (χ1) is 11.1. The Kier molecular flexibility index (Phi) is 9.52. The van der Waals surface area contributed by atoms with Crippen LogP contribution in [0.4, 0.5) is 4.79 Å². The van der Waals surface area contributed by atoms with Gasteiger partial charge in [-0.25, -0.2) is 4.79 Å². The number of nitrogens with one attached hydrogen (secondary N) is 4. The number of carbonyl (C=O) groups excluding carboxylic acids is 2. The summed E-state index contributed by atoms with van der Waals surface area (Å²) in [5.41, 5.74) is 0.943. The lowest BCUT2D eigenvalue weighted by atomic mass is 10.00. The number of hydrogen-bond acceptors (Lipinski definition) is 3. The minimum atomic E-state index is -0.366. The minimum Gasteiger partial charge on any atom is -0.354 e. The van der Waals surface area contributed by atoms with Gasteiger partial charge in [0.2, 0.25) is 5.91 Å². The van der Waals surface area contributed by atoms with Gasteiger partial charge in [0.15, 0.2) is 0 Å². The summed E-state index contributed by atoms with van der Waals surface area (Å²) in [4.78, 5) is 23.4. The molecule has 3 amide bonds. The third-order valence-corrected chi connectivity index (χ3v) is 4.01. The van der Waals surface area contributed by atoms with E-state index in [1.165, 1.54) is 0 Å². The molecule has 0 saturated carbocycles. The van der Waals surface area contributed by atoms with Gasteiger partial charge >= 0.3 is 6.03 Å². The van der Waals surface area contributed by atoms with Crippen LogP contribution in [-0.2, 0) is 11.3 Å². The average Bonchev–Trinajstić information content (AvgIpc) is 2.58. The number of piperidine rings is 1. The molecule has 6 nitrogen and oxygen atoms in total. The topological polar surface area (TPSA) is 82.3 Å². The standard InChI is InChI=1S/C16H23ClN4O2.ClH/c17-14-5-3-12(4-6-14)9-20-16(23)21-11-15(22)19-10-13-2-1-7-18-8-13;/h3-6,13,18H,1-2,7-11H2,(H,19,22)(H2,20,21,23);1H. The quantitative estimate of drug-likeness (QED) is 0.611. The van der Waals surface area contributed by atoms with Gasteiger partial charge in [-0.1, -0.05) is 23.7 Å². The Bertz CT molecular complexity index is 519. The van der Waals surface area contributed by atoms with Crippen molar-refractivity contribution in [2.45, 2.75) is 19.4 Å². The largest absolute Gasteiger partial charge is 0.354 e. The van der Waals surface area contributed by atoms with Crippen LogP contribution in [0, 0.1) is 5.92 Å². The molecule has 1 heterocycles. The van der Waals surface area contributed by atoms with Crippen molar-refractivity contribution in [2.75, 3.05) is 26.2 Å². The molecule has 1 aromatic carbocycles. The zero-order chi connectivity index (χ0) is 16.5. The Morgan fingerprint density at radius 2 is 1.92 bits per heavy atom. The lowest BCUT2D eigenvalue weighted by Gasteiger charge is -2.22. The summed E-state index contributed by atoms with van der Waals surface area (Å²) in [7, 11) is 0. The second-order valence-corrected chi connectivity index (χ2v) is 6.12. The molecule has 1 fully saturated rings. The molecule has 0 aromatic heterocycles. The zero-order valence-corrected chi connectivity index (χ0v) is 15.0. The molecule has 0 aliphatic carbocycles. The molecule has 1 atom stereocenters. The molecule has 0 bridgehead atoms. The van der Waals surface area contributed by atoms with E-state index in [4.69, 9.17) is 11.6 Å². The van der Waals surface area contributed by atoms with Gasteiger partial charge in [0.1, 0.15) is 0 Å². The second-order valence-electron chi connectivity index (χ2n) is 5.68. The summed E-state index contributed by atoms with van der Waals surface area (Å²) < 4.78 is 0. The highest BCUT2D eigenvalue weighted by Crippen LogP contribution is 2.09. The van der Waals surface area contributed by atoms with E-state index in [0.717, 1.165) is 31.5 Å². The van der Waals surface area contributed by atoms with Gasteiger partial charge in [0, 0.05) is 18.1 Å². The van der Waals surface area contributed by atoms with Gasteiger partial charge < -0.3 is 21.3 Å². The molecule has 8 heteroatoms. The average molecular weight is 375 g/mol. The van der Waals surface area contributed by atoms with E-state index in [1.54, 1.807) is 12.1 Å². The maximum absolute atomic E-state index is 11.7. The van der Waals surface area contributed by atoms with Crippen LogP contribution in [0.15, 0.2) is 24.3 Å². The lowest BCUT2D eigenvalue weighted by Crippen LogP contribution is -2.44. The fourth-order valence-corrected chi connectivity index (χ4v) is 2.55. The fraction of sp³-hybridized carbons (Fsp3) is 0.500. The van der Waals surface area contributed by atoms with Crippen LogP contribution in [0.5, 0.6) is 0 Å². The smallest absolute Gasteiger partial charge is 0.315 e. The predicted molar refractivity (Wildman–Crippen MR) is 97.5 cm³/mol. The van der Waals surface area contributed by atoms with Crippen LogP contribution in [0.1, 0.15) is 18.4 Å². The van der Waals surface area contributed by atoms with Gasteiger partial charge in [-0.05, 0) is 49.5 Å². The van der Waals surface area contributed by atoms with Crippen molar-refractivity contribution in [3.8, 4) is 0 Å². The lowest BCUT2D eigenvalue weighted by molar-refractivity contribution is -0.120. The molecule has 2 rings (SSSR count). The molecule has 0 spiro atoms. The van der Waals surface area contributed by atoms with Crippen molar-refractivity contribution in [3.05, 3.63) is 34.9 Å². The van der Waals surface area contributed by atoms with Crippen molar-refractivity contribution in [2.24, 2.45) is 5.92 Å². The highest BCUT2D eigenvalue weighted by molar-refractivity contribution is 6.30. The number of carbonyl (C=O) groups is 2. The highest BCUT2D eigenvalue weighted by Gasteiger charge is 2.14. The van der Waals surface area contributed by atoms with Crippen molar-refractivity contribution in [1.82, 2.24) is 21.3 Å². The summed E-state index contributed by atoms with van der Waals surface area (Å²) in [6.45, 7) is 3.01. The van der Waals surface area contributed by atoms with Crippen molar-refractivity contribution < 1.29 is 9.59 Å². The molecule has 0 radical (unpaired) electrons. The van der Waals surface area contributed by atoms with Crippen molar-refractivity contribution in [1.29, 1.82) is 0 Å². The molecule has 1 unspecified atom stereocenters. The molecular weight excluding hydrogens is 351 g/mol. The molecule has 1 saturated heterocycles. The van der Waals surface area contributed by atoms with Gasteiger partial charge in [-0.15, -0.1) is 12.4 Å². The summed E-state index contributed by atoms with van der Waals surface area (Å²) in [5, 5.41) is 12.1. The Morgan fingerprint density at radius 1 is 1.17 bits per heavy atom. The van der Waals surface area contributed by atoms with E-state index in [0.29, 0.717) is 24.0 Å². The first-order valence-corrected chi connectivity index (χ1v) is 8.25. The monoisotopic (exact) mass is 374 g/mol. The molecule has 4 N–H and O–H groups in total. The summed E-state index contributed by atoms with van der Waals surface area (Å²) in [6, 6.07) is 6.85. The maximum Gasteiger partial charge on any atom is 0.315 e. The Balaban J connectivity index is 0.00000288. The number of rotatable bonds is 6. The number of benzene rings is 1. The summed E-state index contributed by atoms with van der Waals surface area (Å²) >= 11 is 5.80. The molecule has 1 aliphatic heterocycles. The number of urea groups is 1. The Labute approximate surface area is 153 Å². The first kappa shape index (κ1) is 20.5. The zero-order valence-electron chi connectivity index (χ0n) is 13.4. The third-order valence-electron chi connectivity index (χ3n) is 3.76.